The minimum absolute atomic E-state index is 0.0166. The average Bonchev–Trinajstić information content (AvgIpc) is 2.27. The van der Waals surface area contributed by atoms with Gasteiger partial charge in [-0.3, -0.25) is 0 Å². The number of likely N-dealkylation sites (tertiary alicyclic amines) is 1. The molecule has 1 rings (SSSR count). The summed E-state index contributed by atoms with van der Waals surface area (Å²) in [5.41, 5.74) is 0. The molecule has 0 aliphatic carbocycles. The van der Waals surface area contributed by atoms with Gasteiger partial charge in [-0.15, -0.1) is 0 Å². The second-order valence-corrected chi connectivity index (χ2v) is 5.20. The van der Waals surface area contributed by atoms with Crippen LogP contribution in [0.3, 0.4) is 0 Å². The molecule has 0 aromatic heterocycles. The predicted octanol–water partition coefficient (Wildman–Crippen LogP) is 0.0496. The van der Waals surface area contributed by atoms with Gasteiger partial charge in [0.05, 0.1) is 19.3 Å². The predicted molar refractivity (Wildman–Crippen MR) is 65.4 cm³/mol. The zero-order valence-electron chi connectivity index (χ0n) is 10.5. The molecule has 0 bridgehead atoms. The fraction of sp³-hybridized carbons (Fsp3) is 1.00. The molecule has 4 nitrogen and oxygen atoms in total. The summed E-state index contributed by atoms with van der Waals surface area (Å²) in [5, 5.41) is 21.3. The number of hydrogen-bond acceptors (Lipinski definition) is 4. The van der Waals surface area contributed by atoms with Crippen molar-refractivity contribution in [1.29, 1.82) is 0 Å². The van der Waals surface area contributed by atoms with Crippen LogP contribution in [-0.2, 0) is 0 Å². The summed E-state index contributed by atoms with van der Waals surface area (Å²) in [6, 6.07) is 0.300. The molecule has 1 aliphatic heterocycles. The Kier molecular flexibility index (Phi) is 6.28. The normalized spacial score (nSPS) is 19.9. The first kappa shape index (κ1) is 13.9. The van der Waals surface area contributed by atoms with E-state index in [4.69, 9.17) is 10.2 Å². The maximum absolute atomic E-state index is 8.99. The number of piperidine rings is 1. The van der Waals surface area contributed by atoms with Crippen molar-refractivity contribution in [3.8, 4) is 0 Å². The monoisotopic (exact) mass is 230 g/mol. The van der Waals surface area contributed by atoms with Gasteiger partial charge >= 0.3 is 0 Å². The number of aliphatic hydroxyl groups is 2. The maximum atomic E-state index is 8.99. The molecule has 0 aromatic carbocycles. The third kappa shape index (κ3) is 4.78. The lowest BCUT2D eigenvalue weighted by Crippen LogP contribution is -2.49. The first-order chi connectivity index (χ1) is 7.65. The highest BCUT2D eigenvalue weighted by Crippen LogP contribution is 2.12. The van der Waals surface area contributed by atoms with Crippen LogP contribution in [0.4, 0.5) is 0 Å². The summed E-state index contributed by atoms with van der Waals surface area (Å²) >= 11 is 0. The van der Waals surface area contributed by atoms with Crippen LogP contribution in [-0.4, -0.2) is 60.0 Å². The van der Waals surface area contributed by atoms with E-state index in [-0.39, 0.29) is 19.3 Å². The Morgan fingerprint density at radius 3 is 2.19 bits per heavy atom. The summed E-state index contributed by atoms with van der Waals surface area (Å²) in [4.78, 5) is 2.50. The molecular formula is C12H26N2O2. The SMILES string of the molecule is CC(C)CN1CCC(NC(CO)CO)CC1. The third-order valence-electron chi connectivity index (χ3n) is 3.12. The Labute approximate surface area is 98.6 Å². The van der Waals surface area contributed by atoms with Gasteiger partial charge in [-0.25, -0.2) is 0 Å². The van der Waals surface area contributed by atoms with Crippen molar-refractivity contribution in [2.24, 2.45) is 5.92 Å². The Balaban J connectivity index is 2.21. The molecule has 16 heavy (non-hydrogen) atoms. The van der Waals surface area contributed by atoms with E-state index < -0.39 is 0 Å². The van der Waals surface area contributed by atoms with Crippen molar-refractivity contribution in [3.05, 3.63) is 0 Å². The van der Waals surface area contributed by atoms with E-state index in [1.165, 1.54) is 6.54 Å². The highest BCUT2D eigenvalue weighted by Gasteiger charge is 2.21. The van der Waals surface area contributed by atoms with Crippen molar-refractivity contribution < 1.29 is 10.2 Å². The number of rotatable bonds is 6. The van der Waals surface area contributed by atoms with Crippen LogP contribution in [0.15, 0.2) is 0 Å². The minimum Gasteiger partial charge on any atom is -0.395 e. The highest BCUT2D eigenvalue weighted by molar-refractivity contribution is 4.80. The van der Waals surface area contributed by atoms with Crippen molar-refractivity contribution >= 4 is 0 Å². The van der Waals surface area contributed by atoms with Crippen molar-refractivity contribution in [2.45, 2.75) is 38.8 Å². The van der Waals surface area contributed by atoms with Gasteiger partial charge in [0.25, 0.3) is 0 Å². The highest BCUT2D eigenvalue weighted by atomic mass is 16.3. The van der Waals surface area contributed by atoms with Crippen LogP contribution >= 0.6 is 0 Å². The lowest BCUT2D eigenvalue weighted by molar-refractivity contribution is 0.132. The first-order valence-corrected chi connectivity index (χ1v) is 6.35. The van der Waals surface area contributed by atoms with Crippen LogP contribution in [0.5, 0.6) is 0 Å². The van der Waals surface area contributed by atoms with Crippen LogP contribution in [0.25, 0.3) is 0 Å². The van der Waals surface area contributed by atoms with Gasteiger partial charge in [0.1, 0.15) is 0 Å². The van der Waals surface area contributed by atoms with E-state index in [1.807, 2.05) is 0 Å². The third-order valence-corrected chi connectivity index (χ3v) is 3.12. The molecule has 1 heterocycles. The van der Waals surface area contributed by atoms with Crippen LogP contribution in [0.2, 0.25) is 0 Å². The van der Waals surface area contributed by atoms with Crippen LogP contribution in [0.1, 0.15) is 26.7 Å². The molecule has 0 unspecified atom stereocenters. The van der Waals surface area contributed by atoms with Gasteiger partial charge in [-0.2, -0.15) is 0 Å². The molecule has 0 spiro atoms. The van der Waals surface area contributed by atoms with Crippen molar-refractivity contribution in [1.82, 2.24) is 10.2 Å². The standard InChI is InChI=1S/C12H26N2O2/c1-10(2)7-14-5-3-11(4-6-14)13-12(8-15)9-16/h10-13,15-16H,3-9H2,1-2H3. The molecule has 0 amide bonds. The van der Waals surface area contributed by atoms with Crippen molar-refractivity contribution in [3.63, 3.8) is 0 Å². The van der Waals surface area contributed by atoms with E-state index >= 15 is 0 Å². The van der Waals surface area contributed by atoms with E-state index in [9.17, 15) is 0 Å². The molecular weight excluding hydrogens is 204 g/mol. The molecule has 0 aromatic rings. The Morgan fingerprint density at radius 2 is 1.75 bits per heavy atom. The summed E-state index contributed by atoms with van der Waals surface area (Å²) in [5.74, 6) is 0.729. The van der Waals surface area contributed by atoms with Gasteiger partial charge in [0.15, 0.2) is 0 Å². The molecule has 0 atom stereocenters. The largest absolute Gasteiger partial charge is 0.395 e. The van der Waals surface area contributed by atoms with E-state index in [0.29, 0.717) is 6.04 Å². The fourth-order valence-electron chi connectivity index (χ4n) is 2.30. The number of aliphatic hydroxyl groups excluding tert-OH is 2. The molecule has 1 fully saturated rings. The smallest absolute Gasteiger partial charge is 0.0607 e. The second-order valence-electron chi connectivity index (χ2n) is 5.20. The molecule has 4 heteroatoms. The molecule has 0 saturated carbocycles. The van der Waals surface area contributed by atoms with Gasteiger partial charge < -0.3 is 20.4 Å². The lowest BCUT2D eigenvalue weighted by atomic mass is 10.0. The van der Waals surface area contributed by atoms with E-state index in [2.05, 4.69) is 24.1 Å². The summed E-state index contributed by atoms with van der Waals surface area (Å²) in [6.45, 7) is 7.95. The summed E-state index contributed by atoms with van der Waals surface area (Å²) in [7, 11) is 0. The average molecular weight is 230 g/mol. The van der Waals surface area contributed by atoms with E-state index in [1.54, 1.807) is 0 Å². The summed E-state index contributed by atoms with van der Waals surface area (Å²) < 4.78 is 0. The quantitative estimate of drug-likeness (QED) is 0.603. The number of nitrogens with zero attached hydrogens (tertiary/aromatic N) is 1. The number of hydrogen-bond donors (Lipinski definition) is 3. The molecule has 96 valence electrons. The topological polar surface area (TPSA) is 55.7 Å². The molecule has 1 saturated heterocycles. The zero-order valence-corrected chi connectivity index (χ0v) is 10.5. The Hall–Kier alpha value is -0.160. The molecule has 1 aliphatic rings. The van der Waals surface area contributed by atoms with Gasteiger partial charge in [0.2, 0.25) is 0 Å². The van der Waals surface area contributed by atoms with E-state index in [0.717, 1.165) is 31.8 Å². The molecule has 0 radical (unpaired) electrons. The Bertz CT molecular complexity index is 176. The van der Waals surface area contributed by atoms with Gasteiger partial charge in [-0.05, 0) is 31.8 Å². The van der Waals surface area contributed by atoms with Crippen LogP contribution in [0, 0.1) is 5.92 Å². The van der Waals surface area contributed by atoms with Crippen LogP contribution < -0.4 is 5.32 Å². The molecule has 3 N–H and O–H groups in total. The lowest BCUT2D eigenvalue weighted by Gasteiger charge is -2.34. The van der Waals surface area contributed by atoms with Crippen molar-refractivity contribution in [2.75, 3.05) is 32.8 Å². The summed E-state index contributed by atoms with van der Waals surface area (Å²) in [6.07, 6.45) is 2.23. The zero-order chi connectivity index (χ0) is 12.0. The maximum Gasteiger partial charge on any atom is 0.0607 e. The van der Waals surface area contributed by atoms with Gasteiger partial charge in [0, 0.05) is 12.6 Å². The number of nitrogens with one attached hydrogen (secondary N) is 1. The Morgan fingerprint density at radius 1 is 1.19 bits per heavy atom. The van der Waals surface area contributed by atoms with Gasteiger partial charge in [-0.1, -0.05) is 13.8 Å². The first-order valence-electron chi connectivity index (χ1n) is 6.35. The fourth-order valence-corrected chi connectivity index (χ4v) is 2.30. The minimum atomic E-state index is -0.151. The second kappa shape index (κ2) is 7.22.